The number of hydrogen-bond donors (Lipinski definition) is 2. The lowest BCUT2D eigenvalue weighted by Crippen LogP contribution is -2.32. The quantitative estimate of drug-likeness (QED) is 0.291. The van der Waals surface area contributed by atoms with Gasteiger partial charge in [0.1, 0.15) is 10.7 Å². The summed E-state index contributed by atoms with van der Waals surface area (Å²) < 4.78 is 5.14. The molecule has 9 heteroatoms. The van der Waals surface area contributed by atoms with Gasteiger partial charge in [-0.15, -0.1) is 0 Å². The molecule has 0 spiro atoms. The predicted octanol–water partition coefficient (Wildman–Crippen LogP) is 5.56. The van der Waals surface area contributed by atoms with Gasteiger partial charge in [-0.05, 0) is 79.9 Å². The maximum atomic E-state index is 13.1. The van der Waals surface area contributed by atoms with E-state index in [9.17, 15) is 19.2 Å². The number of carbonyl (C=O) groups excluding carboxylic acids is 4. The molecule has 1 heterocycles. The molecule has 0 atom stereocenters. The minimum absolute atomic E-state index is 0.108. The Labute approximate surface area is 225 Å². The van der Waals surface area contributed by atoms with Crippen LogP contribution in [0.5, 0.6) is 0 Å². The molecule has 0 saturated carbocycles. The van der Waals surface area contributed by atoms with Gasteiger partial charge in [-0.1, -0.05) is 36.7 Å². The van der Waals surface area contributed by atoms with Crippen LogP contribution in [0.1, 0.15) is 45.2 Å². The van der Waals surface area contributed by atoms with E-state index in [1.807, 2.05) is 39.0 Å². The van der Waals surface area contributed by atoms with Gasteiger partial charge in [0.2, 0.25) is 0 Å². The number of anilines is 3. The van der Waals surface area contributed by atoms with Crippen molar-refractivity contribution in [3.63, 3.8) is 0 Å². The first-order chi connectivity index (χ1) is 18.2. The molecule has 1 aliphatic heterocycles. The molecule has 8 nitrogen and oxygen atoms in total. The summed E-state index contributed by atoms with van der Waals surface area (Å²) in [6, 6.07) is 18.3. The first kappa shape index (κ1) is 26.6. The van der Waals surface area contributed by atoms with Crippen molar-refractivity contribution < 1.29 is 23.9 Å². The lowest BCUT2D eigenvalue weighted by atomic mass is 10.1. The van der Waals surface area contributed by atoms with Gasteiger partial charge >= 0.3 is 5.97 Å². The molecule has 0 radical (unpaired) electrons. The number of hydrogen-bond acceptors (Lipinski definition) is 6. The predicted molar refractivity (Wildman–Crippen MR) is 146 cm³/mol. The average molecular weight is 532 g/mol. The van der Waals surface area contributed by atoms with Crippen molar-refractivity contribution in [2.75, 3.05) is 22.1 Å². The number of ether oxygens (including phenoxy) is 1. The molecule has 3 amide bonds. The third-order valence-electron chi connectivity index (χ3n) is 5.86. The summed E-state index contributed by atoms with van der Waals surface area (Å²) in [5.41, 5.74) is 3.88. The lowest BCUT2D eigenvalue weighted by Gasteiger charge is -2.16. The van der Waals surface area contributed by atoms with Gasteiger partial charge in [-0.2, -0.15) is 0 Å². The van der Waals surface area contributed by atoms with Crippen molar-refractivity contribution in [3.8, 4) is 0 Å². The van der Waals surface area contributed by atoms with E-state index in [-0.39, 0.29) is 34.5 Å². The van der Waals surface area contributed by atoms with Gasteiger partial charge in [0.15, 0.2) is 0 Å². The zero-order chi connectivity index (χ0) is 27.4. The zero-order valence-corrected chi connectivity index (χ0v) is 21.9. The van der Waals surface area contributed by atoms with Crippen molar-refractivity contribution in [2.24, 2.45) is 0 Å². The fourth-order valence-corrected chi connectivity index (χ4v) is 4.02. The summed E-state index contributed by atoms with van der Waals surface area (Å²) in [6.07, 6.45) is 0.668. The number of esters is 1. The summed E-state index contributed by atoms with van der Waals surface area (Å²) in [4.78, 5) is 51.8. The molecule has 4 rings (SSSR count). The van der Waals surface area contributed by atoms with Crippen LogP contribution in [0.3, 0.4) is 0 Å². The van der Waals surface area contributed by atoms with E-state index >= 15 is 0 Å². The van der Waals surface area contributed by atoms with Crippen LogP contribution < -0.4 is 15.5 Å². The van der Waals surface area contributed by atoms with E-state index in [2.05, 4.69) is 10.6 Å². The number of aryl methyl sites for hydroxylation is 2. The number of nitrogens with one attached hydrogen (secondary N) is 2. The SMILES string of the molecule is CCCOC(=O)c1cccc(N2C(=O)C(Cl)=C(Nc3ccc(C(=O)Nc4cc(C)ccc4C)cc3)C2=O)c1. The molecule has 0 saturated heterocycles. The molecule has 1 aliphatic rings. The first-order valence-electron chi connectivity index (χ1n) is 12.0. The maximum absolute atomic E-state index is 13.1. The lowest BCUT2D eigenvalue weighted by molar-refractivity contribution is -0.120. The fourth-order valence-electron chi connectivity index (χ4n) is 3.81. The van der Waals surface area contributed by atoms with Crippen LogP contribution in [0.25, 0.3) is 0 Å². The zero-order valence-electron chi connectivity index (χ0n) is 21.1. The second-order valence-electron chi connectivity index (χ2n) is 8.80. The summed E-state index contributed by atoms with van der Waals surface area (Å²) in [5, 5.41) is 5.49. The molecular weight excluding hydrogens is 506 g/mol. The van der Waals surface area contributed by atoms with Crippen molar-refractivity contribution in [3.05, 3.63) is 99.7 Å². The average Bonchev–Trinajstić information content (AvgIpc) is 3.12. The molecule has 2 N–H and O–H groups in total. The van der Waals surface area contributed by atoms with E-state index in [1.54, 1.807) is 36.4 Å². The summed E-state index contributed by atoms with van der Waals surface area (Å²) >= 11 is 6.24. The smallest absolute Gasteiger partial charge is 0.338 e. The van der Waals surface area contributed by atoms with E-state index in [0.29, 0.717) is 17.7 Å². The second kappa shape index (κ2) is 11.3. The standard InChI is InChI=1S/C29H26ClN3O5/c1-4-14-38-29(37)20-6-5-7-22(16-20)33-27(35)24(30)25(28(33)36)31-21-12-10-19(11-13-21)26(34)32-23-15-17(2)8-9-18(23)3/h5-13,15-16,31H,4,14H2,1-3H3,(H,32,34). The molecule has 3 aromatic rings. The van der Waals surface area contributed by atoms with Crippen molar-refractivity contribution in [2.45, 2.75) is 27.2 Å². The highest BCUT2D eigenvalue weighted by Gasteiger charge is 2.39. The maximum Gasteiger partial charge on any atom is 0.338 e. The molecule has 38 heavy (non-hydrogen) atoms. The Morgan fingerprint density at radius 2 is 1.66 bits per heavy atom. The molecule has 194 valence electrons. The van der Waals surface area contributed by atoms with E-state index in [0.717, 1.165) is 21.7 Å². The third-order valence-corrected chi connectivity index (χ3v) is 6.21. The van der Waals surface area contributed by atoms with Gasteiger partial charge in [0, 0.05) is 16.9 Å². The molecule has 0 fully saturated rings. The number of halogens is 1. The molecule has 0 bridgehead atoms. The normalized spacial score (nSPS) is 13.1. The number of amides is 3. The highest BCUT2D eigenvalue weighted by atomic mass is 35.5. The van der Waals surface area contributed by atoms with Crippen LogP contribution in [0.2, 0.25) is 0 Å². The second-order valence-corrected chi connectivity index (χ2v) is 9.17. The number of rotatable bonds is 8. The van der Waals surface area contributed by atoms with Crippen molar-refractivity contribution in [1.82, 2.24) is 0 Å². The highest BCUT2D eigenvalue weighted by Crippen LogP contribution is 2.31. The van der Waals surface area contributed by atoms with Crippen LogP contribution in [0, 0.1) is 13.8 Å². The van der Waals surface area contributed by atoms with Crippen LogP contribution in [-0.2, 0) is 14.3 Å². The van der Waals surface area contributed by atoms with Gasteiger partial charge in [-0.25, -0.2) is 9.69 Å². The van der Waals surface area contributed by atoms with Gasteiger partial charge < -0.3 is 15.4 Å². The minimum atomic E-state index is -0.720. The van der Waals surface area contributed by atoms with Gasteiger partial charge in [-0.3, -0.25) is 14.4 Å². The van der Waals surface area contributed by atoms with Crippen molar-refractivity contribution >= 4 is 52.4 Å². The minimum Gasteiger partial charge on any atom is -0.462 e. The Balaban J connectivity index is 1.48. The Morgan fingerprint density at radius 1 is 0.921 bits per heavy atom. The Kier molecular flexibility index (Phi) is 7.93. The number of carbonyl (C=O) groups is 4. The Bertz CT molecular complexity index is 1460. The number of nitrogens with zero attached hydrogens (tertiary/aromatic N) is 1. The van der Waals surface area contributed by atoms with E-state index in [1.165, 1.54) is 12.1 Å². The van der Waals surface area contributed by atoms with Crippen LogP contribution >= 0.6 is 11.6 Å². The summed E-state index contributed by atoms with van der Waals surface area (Å²) in [6.45, 7) is 6.00. The highest BCUT2D eigenvalue weighted by molar-refractivity contribution is 6.53. The number of benzene rings is 3. The third kappa shape index (κ3) is 5.60. The molecule has 0 aliphatic carbocycles. The van der Waals surface area contributed by atoms with Gasteiger partial charge in [0.25, 0.3) is 17.7 Å². The molecule has 3 aromatic carbocycles. The Morgan fingerprint density at radius 3 is 2.37 bits per heavy atom. The summed E-state index contributed by atoms with van der Waals surface area (Å²) in [5.74, 6) is -2.22. The topological polar surface area (TPSA) is 105 Å². The largest absolute Gasteiger partial charge is 0.462 e. The van der Waals surface area contributed by atoms with Crippen LogP contribution in [0.4, 0.5) is 17.1 Å². The molecular formula is C29H26ClN3O5. The summed E-state index contributed by atoms with van der Waals surface area (Å²) in [7, 11) is 0. The van der Waals surface area contributed by atoms with Crippen LogP contribution in [0.15, 0.2) is 77.5 Å². The Hall–Kier alpha value is -4.43. The number of imide groups is 1. The van der Waals surface area contributed by atoms with E-state index < -0.39 is 17.8 Å². The van der Waals surface area contributed by atoms with E-state index in [4.69, 9.17) is 16.3 Å². The van der Waals surface area contributed by atoms with Crippen molar-refractivity contribution in [1.29, 1.82) is 0 Å². The fraction of sp³-hybridized carbons (Fsp3) is 0.172. The van der Waals surface area contributed by atoms with Gasteiger partial charge in [0.05, 0.1) is 17.9 Å². The monoisotopic (exact) mass is 531 g/mol. The molecule has 0 unspecified atom stereocenters. The van der Waals surface area contributed by atoms with Crippen LogP contribution in [-0.4, -0.2) is 30.3 Å². The first-order valence-corrected chi connectivity index (χ1v) is 12.4. The molecule has 0 aromatic heterocycles.